The van der Waals surface area contributed by atoms with Crippen LogP contribution in [-0.4, -0.2) is 22.2 Å². The minimum atomic E-state index is -0.513. The maximum atomic E-state index is 12.3. The van der Waals surface area contributed by atoms with Gasteiger partial charge in [0, 0.05) is 17.4 Å². The van der Waals surface area contributed by atoms with Crippen molar-refractivity contribution in [3.05, 3.63) is 59.5 Å². The summed E-state index contributed by atoms with van der Waals surface area (Å²) in [6, 6.07) is 4.33. The molecule has 7 heteroatoms. The third kappa shape index (κ3) is 3.31. The highest BCUT2D eigenvalue weighted by Crippen LogP contribution is 2.27. The Hall–Kier alpha value is -2.57. The topological polar surface area (TPSA) is 90.9 Å². The second-order valence-electron chi connectivity index (χ2n) is 4.08. The monoisotopic (exact) mass is 304 g/mol. The van der Waals surface area contributed by atoms with Crippen molar-refractivity contribution in [2.24, 2.45) is 10.8 Å². The van der Waals surface area contributed by atoms with Gasteiger partial charge in [-0.1, -0.05) is 24.3 Å². The molecular formula is C14H13ClN4O2. The number of aromatic hydroxyl groups is 1. The number of allylic oxidation sites excluding steroid dienone is 1. The van der Waals surface area contributed by atoms with Gasteiger partial charge in [-0.25, -0.2) is 10.8 Å². The van der Waals surface area contributed by atoms with E-state index >= 15 is 0 Å². The van der Waals surface area contributed by atoms with Crippen LogP contribution >= 0.6 is 11.6 Å². The summed E-state index contributed by atoms with van der Waals surface area (Å²) < 4.78 is 0. The lowest BCUT2D eigenvalue weighted by Crippen LogP contribution is -2.28. The molecule has 0 unspecified atom stereocenters. The summed E-state index contributed by atoms with van der Waals surface area (Å²) in [6.45, 7) is 3.59. The maximum Gasteiger partial charge on any atom is 0.259 e. The molecule has 0 saturated carbocycles. The van der Waals surface area contributed by atoms with Crippen molar-refractivity contribution in [2.45, 2.75) is 0 Å². The Morgan fingerprint density at radius 3 is 2.95 bits per heavy atom. The van der Waals surface area contributed by atoms with Crippen molar-refractivity contribution in [3.63, 3.8) is 0 Å². The number of halogens is 1. The molecule has 0 aromatic heterocycles. The van der Waals surface area contributed by atoms with Crippen molar-refractivity contribution >= 4 is 29.4 Å². The summed E-state index contributed by atoms with van der Waals surface area (Å²) >= 11 is 5.83. The van der Waals surface area contributed by atoms with E-state index in [1.807, 2.05) is 0 Å². The predicted molar refractivity (Wildman–Crippen MR) is 82.6 cm³/mol. The van der Waals surface area contributed by atoms with Gasteiger partial charge in [0.25, 0.3) is 5.91 Å². The van der Waals surface area contributed by atoms with Crippen LogP contribution < -0.4 is 11.2 Å². The highest BCUT2D eigenvalue weighted by atomic mass is 35.5. The number of nitrogens with zero attached hydrogens (tertiary/aromatic N) is 2. The first-order valence-corrected chi connectivity index (χ1v) is 6.32. The first-order valence-electron chi connectivity index (χ1n) is 5.94. The molecule has 1 aromatic carbocycles. The average Bonchev–Trinajstić information content (AvgIpc) is 2.46. The normalized spacial score (nSPS) is 15.8. The lowest BCUT2D eigenvalue weighted by molar-refractivity contribution is -0.112. The quantitative estimate of drug-likeness (QED) is 0.453. The van der Waals surface area contributed by atoms with Crippen LogP contribution in [0.3, 0.4) is 0 Å². The number of anilines is 1. The number of aliphatic imine (C=N–C) groups is 1. The van der Waals surface area contributed by atoms with E-state index in [4.69, 9.17) is 17.4 Å². The van der Waals surface area contributed by atoms with Gasteiger partial charge >= 0.3 is 0 Å². The van der Waals surface area contributed by atoms with Crippen molar-refractivity contribution < 1.29 is 9.90 Å². The Balaban J connectivity index is 2.32. The molecule has 0 spiro atoms. The first-order chi connectivity index (χ1) is 10.0. The lowest BCUT2D eigenvalue weighted by Gasteiger charge is -2.19. The largest absolute Gasteiger partial charge is 0.506 e. The van der Waals surface area contributed by atoms with Crippen LogP contribution in [-0.2, 0) is 4.79 Å². The Labute approximate surface area is 126 Å². The Morgan fingerprint density at radius 1 is 1.52 bits per heavy atom. The second-order valence-corrected chi connectivity index (χ2v) is 4.52. The summed E-state index contributed by atoms with van der Waals surface area (Å²) in [5, 5.41) is 13.8. The van der Waals surface area contributed by atoms with Crippen LogP contribution in [0.25, 0.3) is 0 Å². The van der Waals surface area contributed by atoms with E-state index in [-0.39, 0.29) is 22.8 Å². The molecule has 0 fully saturated rings. The Morgan fingerprint density at radius 2 is 2.29 bits per heavy atom. The fraction of sp³-hybridized carbons (Fsp3) is 0. The highest BCUT2D eigenvalue weighted by molar-refractivity contribution is 6.31. The number of carbonyl (C=O) groups excluding carboxylic acids is 1. The minimum Gasteiger partial charge on any atom is -0.506 e. The van der Waals surface area contributed by atoms with Crippen LogP contribution in [0.15, 0.2) is 59.5 Å². The fourth-order valence-electron chi connectivity index (χ4n) is 1.67. The third-order valence-corrected chi connectivity index (χ3v) is 2.91. The lowest BCUT2D eigenvalue weighted by atomic mass is 10.2. The molecule has 1 amide bonds. The SMILES string of the molecule is C=C/C(C(=O)Nc1cc(Cl)ccc1O)=C1/N=CC=CN1N. The van der Waals surface area contributed by atoms with Gasteiger partial charge in [0.1, 0.15) is 5.75 Å². The van der Waals surface area contributed by atoms with Gasteiger partial charge in [0.2, 0.25) is 0 Å². The number of amides is 1. The molecule has 2 rings (SSSR count). The summed E-state index contributed by atoms with van der Waals surface area (Å²) in [7, 11) is 0. The van der Waals surface area contributed by atoms with Gasteiger partial charge in [-0.15, -0.1) is 0 Å². The predicted octanol–water partition coefficient (Wildman–Crippen LogP) is 2.16. The van der Waals surface area contributed by atoms with Crippen molar-refractivity contribution in [1.29, 1.82) is 0 Å². The number of nitrogens with two attached hydrogens (primary N) is 1. The van der Waals surface area contributed by atoms with Crippen LogP contribution in [0.2, 0.25) is 5.02 Å². The van der Waals surface area contributed by atoms with Crippen LogP contribution in [0.4, 0.5) is 5.69 Å². The average molecular weight is 305 g/mol. The summed E-state index contributed by atoms with van der Waals surface area (Å²) in [4.78, 5) is 16.3. The molecule has 108 valence electrons. The number of hydrazine groups is 1. The van der Waals surface area contributed by atoms with Gasteiger partial charge in [0.15, 0.2) is 5.82 Å². The summed E-state index contributed by atoms with van der Waals surface area (Å²) in [6.07, 6.45) is 6.02. The molecule has 1 aromatic rings. The van der Waals surface area contributed by atoms with E-state index in [1.165, 1.54) is 35.5 Å². The molecule has 4 N–H and O–H groups in total. The molecule has 1 aliphatic heterocycles. The van der Waals surface area contributed by atoms with Gasteiger partial charge in [-0.3, -0.25) is 9.80 Å². The van der Waals surface area contributed by atoms with Gasteiger partial charge in [0.05, 0.1) is 11.3 Å². The number of rotatable bonds is 3. The number of hydrogen-bond donors (Lipinski definition) is 3. The number of phenolic OH excluding ortho intramolecular Hbond substituents is 1. The molecule has 1 heterocycles. The molecule has 0 atom stereocenters. The molecule has 6 nitrogen and oxygen atoms in total. The van der Waals surface area contributed by atoms with Crippen molar-refractivity contribution in [3.8, 4) is 5.75 Å². The number of phenols is 1. The van der Waals surface area contributed by atoms with Gasteiger partial charge in [-0.2, -0.15) is 0 Å². The van der Waals surface area contributed by atoms with Gasteiger partial charge in [-0.05, 0) is 24.3 Å². The zero-order valence-corrected chi connectivity index (χ0v) is 11.7. The fourth-order valence-corrected chi connectivity index (χ4v) is 1.85. The molecule has 0 aliphatic carbocycles. The summed E-state index contributed by atoms with van der Waals surface area (Å²) in [5.41, 5.74) is 0.351. The van der Waals surface area contributed by atoms with Crippen LogP contribution in [0.5, 0.6) is 5.75 Å². The highest BCUT2D eigenvalue weighted by Gasteiger charge is 2.17. The van der Waals surface area contributed by atoms with E-state index in [1.54, 1.807) is 12.3 Å². The van der Waals surface area contributed by atoms with E-state index in [0.717, 1.165) is 0 Å². The molecule has 0 radical (unpaired) electrons. The van der Waals surface area contributed by atoms with Crippen LogP contribution in [0.1, 0.15) is 0 Å². The van der Waals surface area contributed by atoms with Crippen LogP contribution in [0, 0.1) is 0 Å². The number of benzene rings is 1. The van der Waals surface area contributed by atoms with E-state index in [0.29, 0.717) is 5.02 Å². The standard InChI is InChI=1S/C14H13ClN4O2/c1-2-10(13-17-6-3-7-19(13)16)14(21)18-11-8-9(15)4-5-12(11)20/h2-8,20H,1,16H2,(H,18,21)/b13-10+. The Kier molecular flexibility index (Phi) is 4.42. The van der Waals surface area contributed by atoms with Crippen molar-refractivity contribution in [2.75, 3.05) is 5.32 Å². The number of nitrogens with one attached hydrogen (secondary N) is 1. The van der Waals surface area contributed by atoms with Crippen molar-refractivity contribution in [1.82, 2.24) is 5.01 Å². The second kappa shape index (κ2) is 6.25. The third-order valence-electron chi connectivity index (χ3n) is 2.67. The maximum absolute atomic E-state index is 12.3. The Bertz CT molecular complexity index is 680. The first kappa shape index (κ1) is 14.8. The zero-order valence-electron chi connectivity index (χ0n) is 11.0. The molecule has 21 heavy (non-hydrogen) atoms. The molecule has 0 saturated heterocycles. The number of carbonyl (C=O) groups is 1. The smallest absolute Gasteiger partial charge is 0.259 e. The minimum absolute atomic E-state index is 0.0993. The van der Waals surface area contributed by atoms with E-state index < -0.39 is 5.91 Å². The van der Waals surface area contributed by atoms with E-state index in [2.05, 4.69) is 16.9 Å². The number of hydrogen-bond acceptors (Lipinski definition) is 5. The molecular weight excluding hydrogens is 292 g/mol. The van der Waals surface area contributed by atoms with Gasteiger partial charge < -0.3 is 10.4 Å². The summed E-state index contributed by atoms with van der Waals surface area (Å²) in [5.74, 6) is 5.35. The van der Waals surface area contributed by atoms with E-state index in [9.17, 15) is 9.90 Å². The molecule has 1 aliphatic rings. The zero-order chi connectivity index (χ0) is 15.4. The molecule has 0 bridgehead atoms.